The van der Waals surface area contributed by atoms with Crippen molar-refractivity contribution in [1.29, 1.82) is 0 Å². The van der Waals surface area contributed by atoms with Crippen LogP contribution in [0.2, 0.25) is 0 Å². The first-order valence-electron chi connectivity index (χ1n) is 10.6. The van der Waals surface area contributed by atoms with E-state index in [2.05, 4.69) is 30.5 Å². The van der Waals surface area contributed by atoms with E-state index in [9.17, 15) is 4.79 Å². The second-order valence-electron chi connectivity index (χ2n) is 7.87. The molecule has 1 saturated heterocycles. The van der Waals surface area contributed by atoms with Gasteiger partial charge in [-0.2, -0.15) is 0 Å². The van der Waals surface area contributed by atoms with Gasteiger partial charge in [-0.25, -0.2) is 4.98 Å². The Bertz CT molecular complexity index is 995. The van der Waals surface area contributed by atoms with Gasteiger partial charge in [-0.15, -0.1) is 0 Å². The van der Waals surface area contributed by atoms with Crippen LogP contribution in [0.5, 0.6) is 5.75 Å². The van der Waals surface area contributed by atoms with Crippen LogP contribution in [-0.4, -0.2) is 40.1 Å². The van der Waals surface area contributed by atoms with Gasteiger partial charge in [0.2, 0.25) is 5.91 Å². The number of likely N-dealkylation sites (tertiary alicyclic amines) is 1. The summed E-state index contributed by atoms with van der Waals surface area (Å²) in [4.78, 5) is 19.4. The zero-order valence-corrected chi connectivity index (χ0v) is 17.3. The molecule has 152 valence electrons. The maximum absolute atomic E-state index is 12.5. The van der Waals surface area contributed by atoms with Crippen LogP contribution in [0.3, 0.4) is 0 Å². The molecule has 1 fully saturated rings. The largest absolute Gasteiger partial charge is 0.492 e. The van der Waals surface area contributed by atoms with Gasteiger partial charge in [0.05, 0.1) is 17.6 Å². The summed E-state index contributed by atoms with van der Waals surface area (Å²) < 4.78 is 8.24. The van der Waals surface area contributed by atoms with Crippen LogP contribution in [0.4, 0.5) is 0 Å². The third kappa shape index (κ3) is 4.29. The molecule has 5 heteroatoms. The fourth-order valence-electron chi connectivity index (χ4n) is 4.11. The number of para-hydroxylation sites is 2. The third-order valence-electron chi connectivity index (χ3n) is 5.62. The number of unbranched alkanes of at least 4 members (excludes halogenated alkanes) is 1. The molecular formula is C24H29N3O2. The van der Waals surface area contributed by atoms with E-state index < -0.39 is 0 Å². The van der Waals surface area contributed by atoms with Crippen LogP contribution in [-0.2, 0) is 11.3 Å². The Morgan fingerprint density at radius 3 is 2.83 bits per heavy atom. The first-order chi connectivity index (χ1) is 14.2. The molecule has 0 bridgehead atoms. The quantitative estimate of drug-likeness (QED) is 0.566. The predicted octanol–water partition coefficient (Wildman–Crippen LogP) is 4.54. The summed E-state index contributed by atoms with van der Waals surface area (Å²) in [6.07, 6.45) is 2.70. The van der Waals surface area contributed by atoms with Crippen LogP contribution < -0.4 is 4.74 Å². The number of aryl methyl sites for hydroxylation is 1. The van der Waals surface area contributed by atoms with Crippen molar-refractivity contribution in [2.75, 3.05) is 19.7 Å². The first-order valence-corrected chi connectivity index (χ1v) is 10.6. The average Bonchev–Trinajstić information content (AvgIpc) is 3.27. The number of benzene rings is 2. The third-order valence-corrected chi connectivity index (χ3v) is 5.62. The van der Waals surface area contributed by atoms with Crippen molar-refractivity contribution in [3.05, 3.63) is 59.9 Å². The molecule has 0 unspecified atom stereocenters. The molecule has 0 spiro atoms. The Balaban J connectivity index is 1.54. The Labute approximate surface area is 172 Å². The van der Waals surface area contributed by atoms with E-state index in [1.165, 1.54) is 5.56 Å². The summed E-state index contributed by atoms with van der Waals surface area (Å²) >= 11 is 0. The molecule has 5 nitrogen and oxygen atoms in total. The van der Waals surface area contributed by atoms with E-state index in [0.29, 0.717) is 19.6 Å². The normalized spacial score (nSPS) is 16.7. The number of amides is 1. The van der Waals surface area contributed by atoms with Crippen LogP contribution in [0, 0.1) is 6.92 Å². The van der Waals surface area contributed by atoms with Crippen LogP contribution in [0.15, 0.2) is 48.5 Å². The summed E-state index contributed by atoms with van der Waals surface area (Å²) in [5.74, 6) is 2.29. The van der Waals surface area contributed by atoms with E-state index in [0.717, 1.165) is 48.5 Å². The zero-order valence-electron chi connectivity index (χ0n) is 17.3. The SMILES string of the molecule is CCCCN1C[C@@H](c2nc3ccccc3n2CCOc2cccc(C)c2)CC1=O. The minimum Gasteiger partial charge on any atom is -0.492 e. The van der Waals surface area contributed by atoms with Crippen molar-refractivity contribution >= 4 is 16.9 Å². The van der Waals surface area contributed by atoms with Gasteiger partial charge in [0.15, 0.2) is 0 Å². The fraction of sp³-hybridized carbons (Fsp3) is 0.417. The smallest absolute Gasteiger partial charge is 0.223 e. The van der Waals surface area contributed by atoms with Crippen molar-refractivity contribution in [3.8, 4) is 5.75 Å². The molecule has 4 rings (SSSR count). The van der Waals surface area contributed by atoms with Gasteiger partial charge in [0, 0.05) is 25.4 Å². The monoisotopic (exact) mass is 391 g/mol. The molecule has 0 aliphatic carbocycles. The molecule has 1 aliphatic rings. The number of hydrogen-bond donors (Lipinski definition) is 0. The lowest BCUT2D eigenvalue weighted by Gasteiger charge is -2.17. The lowest BCUT2D eigenvalue weighted by Crippen LogP contribution is -2.26. The summed E-state index contributed by atoms with van der Waals surface area (Å²) in [5, 5.41) is 0. The van der Waals surface area contributed by atoms with Gasteiger partial charge in [-0.3, -0.25) is 4.79 Å². The van der Waals surface area contributed by atoms with Crippen LogP contribution in [0.1, 0.15) is 43.5 Å². The maximum Gasteiger partial charge on any atom is 0.223 e. The molecule has 0 radical (unpaired) electrons. The molecule has 3 aromatic rings. The predicted molar refractivity (Wildman–Crippen MR) is 115 cm³/mol. The van der Waals surface area contributed by atoms with E-state index in [1.807, 2.05) is 41.3 Å². The van der Waals surface area contributed by atoms with Crippen molar-refractivity contribution < 1.29 is 9.53 Å². The van der Waals surface area contributed by atoms with Crippen LogP contribution >= 0.6 is 0 Å². The van der Waals surface area contributed by atoms with Crippen LogP contribution in [0.25, 0.3) is 11.0 Å². The van der Waals surface area contributed by atoms with E-state index in [1.54, 1.807) is 0 Å². The Morgan fingerprint density at radius 1 is 1.14 bits per heavy atom. The highest BCUT2D eigenvalue weighted by molar-refractivity contribution is 5.80. The molecule has 2 heterocycles. The second kappa shape index (κ2) is 8.68. The summed E-state index contributed by atoms with van der Waals surface area (Å²) in [6.45, 7) is 7.12. The Hall–Kier alpha value is -2.82. The summed E-state index contributed by atoms with van der Waals surface area (Å²) in [6, 6.07) is 16.3. The van der Waals surface area contributed by atoms with Gasteiger partial charge in [0.25, 0.3) is 0 Å². The van der Waals surface area contributed by atoms with Crippen molar-refractivity contribution in [2.45, 2.75) is 45.6 Å². The molecule has 1 aliphatic heterocycles. The molecule has 0 N–H and O–H groups in total. The van der Waals surface area contributed by atoms with Crippen molar-refractivity contribution in [2.24, 2.45) is 0 Å². The highest BCUT2D eigenvalue weighted by Crippen LogP contribution is 2.30. The number of ether oxygens (including phenoxy) is 1. The molecule has 1 aromatic heterocycles. The van der Waals surface area contributed by atoms with E-state index >= 15 is 0 Å². The Morgan fingerprint density at radius 2 is 2.00 bits per heavy atom. The van der Waals surface area contributed by atoms with Gasteiger partial charge in [-0.05, 0) is 43.2 Å². The lowest BCUT2D eigenvalue weighted by atomic mass is 10.1. The molecule has 1 amide bonds. The first kappa shape index (κ1) is 19.5. The average molecular weight is 392 g/mol. The fourth-order valence-corrected chi connectivity index (χ4v) is 4.11. The van der Waals surface area contributed by atoms with Gasteiger partial charge in [-0.1, -0.05) is 37.6 Å². The number of rotatable bonds is 8. The minimum atomic E-state index is 0.144. The molecule has 1 atom stereocenters. The number of nitrogens with zero attached hydrogens (tertiary/aromatic N) is 3. The maximum atomic E-state index is 12.5. The highest BCUT2D eigenvalue weighted by Gasteiger charge is 2.33. The number of carbonyl (C=O) groups is 1. The summed E-state index contributed by atoms with van der Waals surface area (Å²) in [5.41, 5.74) is 3.28. The number of aromatic nitrogens is 2. The van der Waals surface area contributed by atoms with Crippen molar-refractivity contribution in [1.82, 2.24) is 14.5 Å². The molecular weight excluding hydrogens is 362 g/mol. The highest BCUT2D eigenvalue weighted by atomic mass is 16.5. The van der Waals surface area contributed by atoms with Crippen molar-refractivity contribution in [3.63, 3.8) is 0 Å². The van der Waals surface area contributed by atoms with Gasteiger partial charge >= 0.3 is 0 Å². The molecule has 2 aromatic carbocycles. The minimum absolute atomic E-state index is 0.144. The van der Waals surface area contributed by atoms with E-state index in [-0.39, 0.29) is 11.8 Å². The second-order valence-corrected chi connectivity index (χ2v) is 7.87. The number of fused-ring (bicyclic) bond motifs is 1. The zero-order chi connectivity index (χ0) is 20.2. The lowest BCUT2D eigenvalue weighted by molar-refractivity contribution is -0.127. The topological polar surface area (TPSA) is 47.4 Å². The molecule has 0 saturated carbocycles. The van der Waals surface area contributed by atoms with E-state index in [4.69, 9.17) is 9.72 Å². The Kier molecular flexibility index (Phi) is 5.84. The number of hydrogen-bond acceptors (Lipinski definition) is 3. The number of carbonyl (C=O) groups excluding carboxylic acids is 1. The van der Waals surface area contributed by atoms with Gasteiger partial charge < -0.3 is 14.2 Å². The molecule has 29 heavy (non-hydrogen) atoms. The van der Waals surface area contributed by atoms with Gasteiger partial charge in [0.1, 0.15) is 18.2 Å². The standard InChI is InChI=1S/C24H29N3O2/c1-3-4-12-26-17-19(16-23(26)28)24-25-21-10-5-6-11-22(21)27(24)13-14-29-20-9-7-8-18(2)15-20/h5-11,15,19H,3-4,12-14,16-17H2,1-2H3/t19-/m0/s1. The summed E-state index contributed by atoms with van der Waals surface area (Å²) in [7, 11) is 0. The number of imidazole rings is 1.